The molecule has 1 aliphatic rings. The van der Waals surface area contributed by atoms with E-state index in [1.165, 1.54) is 6.92 Å². The Balaban J connectivity index is 1.61. The van der Waals surface area contributed by atoms with Gasteiger partial charge in [-0.3, -0.25) is 14.4 Å². The molecule has 1 heterocycles. The van der Waals surface area contributed by atoms with Gasteiger partial charge in [0.05, 0.1) is 6.42 Å². The quantitative estimate of drug-likeness (QED) is 0.591. The van der Waals surface area contributed by atoms with Gasteiger partial charge in [0, 0.05) is 38.7 Å². The molecule has 0 N–H and O–H groups in total. The molecular weight excluding hydrogens is 368 g/mol. The normalized spacial score (nSPS) is 14.3. The van der Waals surface area contributed by atoms with Crippen molar-refractivity contribution in [3.63, 3.8) is 0 Å². The Morgan fingerprint density at radius 1 is 0.931 bits per heavy atom. The van der Waals surface area contributed by atoms with Gasteiger partial charge in [-0.05, 0) is 37.1 Å². The lowest BCUT2D eigenvalue weighted by Crippen LogP contribution is -2.38. The Kier molecular flexibility index (Phi) is 6.65. The average molecular weight is 394 g/mol. The van der Waals surface area contributed by atoms with Crippen LogP contribution in [0, 0.1) is 6.92 Å². The van der Waals surface area contributed by atoms with Crippen LogP contribution in [0.15, 0.2) is 48.5 Å². The molecule has 29 heavy (non-hydrogen) atoms. The van der Waals surface area contributed by atoms with E-state index in [9.17, 15) is 14.4 Å². The highest BCUT2D eigenvalue weighted by molar-refractivity contribution is 5.94. The second-order valence-electron chi connectivity index (χ2n) is 7.31. The highest BCUT2D eigenvalue weighted by atomic mass is 16.5. The number of carbonyl (C=O) groups is 3. The number of amides is 2. The van der Waals surface area contributed by atoms with Crippen LogP contribution in [-0.2, 0) is 16.0 Å². The Morgan fingerprint density at radius 3 is 2.41 bits per heavy atom. The van der Waals surface area contributed by atoms with Crippen molar-refractivity contribution in [1.82, 2.24) is 9.80 Å². The van der Waals surface area contributed by atoms with Crippen molar-refractivity contribution >= 4 is 17.8 Å². The number of hydrogen-bond acceptors (Lipinski definition) is 4. The number of hydrogen-bond donors (Lipinski definition) is 0. The maximum Gasteiger partial charge on any atom is 0.308 e. The molecule has 2 aromatic carbocycles. The van der Waals surface area contributed by atoms with Gasteiger partial charge in [-0.1, -0.05) is 35.9 Å². The standard InChI is InChI=1S/C23H26N2O4/c1-17-6-3-7-19(14-17)15-22(27)24-10-5-11-25(13-12-24)23(28)20-8-4-9-21(16-20)29-18(2)26/h3-4,6-9,14,16H,5,10-13,15H2,1-2H3. The van der Waals surface area contributed by atoms with Crippen molar-refractivity contribution in [2.24, 2.45) is 0 Å². The van der Waals surface area contributed by atoms with Crippen molar-refractivity contribution in [1.29, 1.82) is 0 Å². The largest absolute Gasteiger partial charge is 0.427 e. The molecule has 0 radical (unpaired) electrons. The lowest BCUT2D eigenvalue weighted by Gasteiger charge is -2.22. The number of nitrogens with zero attached hydrogens (tertiary/aromatic N) is 2. The van der Waals surface area contributed by atoms with Crippen molar-refractivity contribution in [3.05, 3.63) is 65.2 Å². The molecule has 0 spiro atoms. The van der Waals surface area contributed by atoms with E-state index in [2.05, 4.69) is 0 Å². The van der Waals surface area contributed by atoms with E-state index >= 15 is 0 Å². The highest BCUT2D eigenvalue weighted by Gasteiger charge is 2.23. The second-order valence-corrected chi connectivity index (χ2v) is 7.31. The molecule has 0 aromatic heterocycles. The van der Waals surface area contributed by atoms with Gasteiger partial charge in [0.2, 0.25) is 5.91 Å². The van der Waals surface area contributed by atoms with Gasteiger partial charge in [-0.15, -0.1) is 0 Å². The predicted molar refractivity (Wildman–Crippen MR) is 110 cm³/mol. The fourth-order valence-corrected chi connectivity index (χ4v) is 3.52. The van der Waals surface area contributed by atoms with Gasteiger partial charge in [0.15, 0.2) is 0 Å². The predicted octanol–water partition coefficient (Wildman–Crippen LogP) is 2.84. The summed E-state index contributed by atoms with van der Waals surface area (Å²) >= 11 is 0. The van der Waals surface area contributed by atoms with Crippen LogP contribution in [0.2, 0.25) is 0 Å². The zero-order valence-electron chi connectivity index (χ0n) is 16.9. The maximum absolute atomic E-state index is 12.9. The van der Waals surface area contributed by atoms with E-state index in [1.54, 1.807) is 29.2 Å². The van der Waals surface area contributed by atoms with Gasteiger partial charge in [0.1, 0.15) is 5.75 Å². The smallest absolute Gasteiger partial charge is 0.308 e. The first-order chi connectivity index (χ1) is 13.9. The Hall–Kier alpha value is -3.15. The van der Waals surface area contributed by atoms with Crippen molar-refractivity contribution < 1.29 is 19.1 Å². The number of benzene rings is 2. The summed E-state index contributed by atoms with van der Waals surface area (Å²) in [5.41, 5.74) is 2.62. The van der Waals surface area contributed by atoms with Crippen LogP contribution in [0.1, 0.15) is 34.8 Å². The van der Waals surface area contributed by atoms with Crippen LogP contribution < -0.4 is 4.74 Å². The molecule has 1 fully saturated rings. The molecule has 0 bridgehead atoms. The van der Waals surface area contributed by atoms with E-state index in [0.29, 0.717) is 43.9 Å². The van der Waals surface area contributed by atoms with Crippen LogP contribution in [0.25, 0.3) is 0 Å². The van der Waals surface area contributed by atoms with Crippen LogP contribution in [0.5, 0.6) is 5.75 Å². The van der Waals surface area contributed by atoms with Crippen LogP contribution >= 0.6 is 0 Å². The average Bonchev–Trinajstić information content (AvgIpc) is 2.93. The Labute approximate surface area is 171 Å². The summed E-state index contributed by atoms with van der Waals surface area (Å²) in [4.78, 5) is 40.3. The van der Waals surface area contributed by atoms with Gasteiger partial charge < -0.3 is 14.5 Å². The first kappa shape index (κ1) is 20.6. The zero-order valence-corrected chi connectivity index (χ0v) is 16.9. The monoisotopic (exact) mass is 394 g/mol. The lowest BCUT2D eigenvalue weighted by atomic mass is 10.1. The van der Waals surface area contributed by atoms with E-state index in [1.807, 2.05) is 36.1 Å². The molecule has 6 heteroatoms. The fraction of sp³-hybridized carbons (Fsp3) is 0.348. The van der Waals surface area contributed by atoms with Gasteiger partial charge in [0.25, 0.3) is 5.91 Å². The van der Waals surface area contributed by atoms with Gasteiger partial charge in [-0.2, -0.15) is 0 Å². The fourth-order valence-electron chi connectivity index (χ4n) is 3.52. The molecule has 1 aliphatic heterocycles. The van der Waals surface area contributed by atoms with E-state index < -0.39 is 5.97 Å². The van der Waals surface area contributed by atoms with Crippen LogP contribution in [0.4, 0.5) is 0 Å². The molecule has 6 nitrogen and oxygen atoms in total. The minimum Gasteiger partial charge on any atom is -0.427 e. The zero-order chi connectivity index (χ0) is 20.8. The molecule has 0 unspecified atom stereocenters. The third-order valence-corrected chi connectivity index (χ3v) is 4.92. The summed E-state index contributed by atoms with van der Waals surface area (Å²) in [6, 6.07) is 14.6. The van der Waals surface area contributed by atoms with Crippen molar-refractivity contribution in [3.8, 4) is 5.75 Å². The molecule has 2 amide bonds. The minimum absolute atomic E-state index is 0.0850. The molecule has 1 saturated heterocycles. The SMILES string of the molecule is CC(=O)Oc1cccc(C(=O)N2CCCN(C(=O)Cc3cccc(C)c3)CC2)c1. The summed E-state index contributed by atoms with van der Waals surface area (Å²) in [5, 5.41) is 0. The third kappa shape index (κ3) is 5.67. The summed E-state index contributed by atoms with van der Waals surface area (Å²) in [7, 11) is 0. The van der Waals surface area contributed by atoms with Crippen LogP contribution in [0.3, 0.4) is 0 Å². The molecule has 0 atom stereocenters. The maximum atomic E-state index is 12.9. The molecule has 0 saturated carbocycles. The number of ether oxygens (including phenoxy) is 1. The van der Waals surface area contributed by atoms with E-state index in [-0.39, 0.29) is 11.8 Å². The Bertz CT molecular complexity index is 909. The van der Waals surface area contributed by atoms with Gasteiger partial charge in [-0.25, -0.2) is 0 Å². The number of aryl methyl sites for hydroxylation is 1. The van der Waals surface area contributed by atoms with Gasteiger partial charge >= 0.3 is 5.97 Å². The first-order valence-corrected chi connectivity index (χ1v) is 9.83. The first-order valence-electron chi connectivity index (χ1n) is 9.83. The summed E-state index contributed by atoms with van der Waals surface area (Å²) < 4.78 is 5.07. The third-order valence-electron chi connectivity index (χ3n) is 4.92. The second kappa shape index (κ2) is 9.37. The van der Waals surface area contributed by atoms with E-state index in [0.717, 1.165) is 17.5 Å². The summed E-state index contributed by atoms with van der Waals surface area (Å²) in [6.07, 6.45) is 1.11. The topological polar surface area (TPSA) is 66.9 Å². The number of esters is 1. The summed E-state index contributed by atoms with van der Waals surface area (Å²) in [6.45, 7) is 5.56. The van der Waals surface area contributed by atoms with Crippen molar-refractivity contribution in [2.45, 2.75) is 26.7 Å². The van der Waals surface area contributed by atoms with E-state index in [4.69, 9.17) is 4.74 Å². The van der Waals surface area contributed by atoms with Crippen molar-refractivity contribution in [2.75, 3.05) is 26.2 Å². The summed E-state index contributed by atoms with van der Waals surface area (Å²) in [5.74, 6) is -0.103. The highest BCUT2D eigenvalue weighted by Crippen LogP contribution is 2.17. The molecular formula is C23H26N2O4. The molecule has 3 rings (SSSR count). The van der Waals surface area contributed by atoms with Crippen LogP contribution in [-0.4, -0.2) is 53.8 Å². The Morgan fingerprint density at radius 2 is 1.66 bits per heavy atom. The lowest BCUT2D eigenvalue weighted by molar-refractivity contribution is -0.132. The molecule has 2 aromatic rings. The number of carbonyl (C=O) groups excluding carboxylic acids is 3. The number of rotatable bonds is 4. The minimum atomic E-state index is -0.424. The molecule has 0 aliphatic carbocycles. The molecule has 152 valence electrons.